The first-order valence-electron chi connectivity index (χ1n) is 6.81. The molecule has 1 atom stereocenters. The van der Waals surface area contributed by atoms with Crippen LogP contribution in [0.3, 0.4) is 0 Å². The molecule has 0 spiro atoms. The third-order valence-electron chi connectivity index (χ3n) is 4.14. The van der Waals surface area contributed by atoms with Crippen LogP contribution >= 0.6 is 12.4 Å². The van der Waals surface area contributed by atoms with Gasteiger partial charge in [0, 0.05) is 25.7 Å². The van der Waals surface area contributed by atoms with E-state index in [9.17, 15) is 4.79 Å². The van der Waals surface area contributed by atoms with E-state index in [-0.39, 0.29) is 17.8 Å². The van der Waals surface area contributed by atoms with Crippen molar-refractivity contribution in [1.82, 2.24) is 10.2 Å². The highest BCUT2D eigenvalue weighted by molar-refractivity contribution is 5.91. The number of nitrogens with zero attached hydrogens (tertiary/aromatic N) is 1. The van der Waals surface area contributed by atoms with Crippen LogP contribution in [0, 0.1) is 0 Å². The SMILES string of the molecule is CC1CN(C(=O)C2(c3ccccc3)CC2)CCN1.Cl. The molecular formula is C15H21ClN2O. The minimum absolute atomic E-state index is 0. The van der Waals surface area contributed by atoms with Crippen molar-refractivity contribution in [1.29, 1.82) is 0 Å². The predicted molar refractivity (Wildman–Crippen MR) is 78.6 cm³/mol. The van der Waals surface area contributed by atoms with Crippen LogP contribution in [-0.2, 0) is 10.2 Å². The van der Waals surface area contributed by atoms with Gasteiger partial charge in [0.05, 0.1) is 5.41 Å². The Morgan fingerprint density at radius 1 is 1.32 bits per heavy atom. The van der Waals surface area contributed by atoms with Crippen molar-refractivity contribution in [2.75, 3.05) is 19.6 Å². The Balaban J connectivity index is 0.00000133. The average Bonchev–Trinajstić information content (AvgIpc) is 3.20. The van der Waals surface area contributed by atoms with E-state index in [2.05, 4.69) is 24.4 Å². The van der Waals surface area contributed by atoms with Gasteiger partial charge in [-0.3, -0.25) is 4.79 Å². The van der Waals surface area contributed by atoms with E-state index in [1.54, 1.807) is 0 Å². The summed E-state index contributed by atoms with van der Waals surface area (Å²) in [5.74, 6) is 0.335. The average molecular weight is 281 g/mol. The molecule has 0 radical (unpaired) electrons. The quantitative estimate of drug-likeness (QED) is 0.898. The molecular weight excluding hydrogens is 260 g/mol. The van der Waals surface area contributed by atoms with Crippen molar-refractivity contribution < 1.29 is 4.79 Å². The smallest absolute Gasteiger partial charge is 0.233 e. The van der Waals surface area contributed by atoms with Gasteiger partial charge in [0.25, 0.3) is 0 Å². The summed E-state index contributed by atoms with van der Waals surface area (Å²) in [5, 5.41) is 3.38. The summed E-state index contributed by atoms with van der Waals surface area (Å²) < 4.78 is 0. The van der Waals surface area contributed by atoms with E-state index in [0.717, 1.165) is 32.5 Å². The molecule has 0 aromatic heterocycles. The molecule has 1 saturated heterocycles. The molecule has 3 rings (SSSR count). The van der Waals surface area contributed by atoms with E-state index in [4.69, 9.17) is 0 Å². The van der Waals surface area contributed by atoms with Gasteiger partial charge < -0.3 is 10.2 Å². The molecule has 104 valence electrons. The van der Waals surface area contributed by atoms with E-state index in [1.165, 1.54) is 5.56 Å². The zero-order chi connectivity index (χ0) is 12.6. The lowest BCUT2D eigenvalue weighted by Gasteiger charge is -2.34. The van der Waals surface area contributed by atoms with Gasteiger partial charge in [-0.25, -0.2) is 0 Å². The van der Waals surface area contributed by atoms with Crippen LogP contribution in [0.4, 0.5) is 0 Å². The van der Waals surface area contributed by atoms with Crippen LogP contribution < -0.4 is 5.32 Å². The third-order valence-corrected chi connectivity index (χ3v) is 4.14. The number of hydrogen-bond acceptors (Lipinski definition) is 2. The molecule has 4 heteroatoms. The van der Waals surface area contributed by atoms with Crippen LogP contribution in [0.1, 0.15) is 25.3 Å². The lowest BCUT2D eigenvalue weighted by atomic mass is 9.94. The molecule has 1 aromatic rings. The van der Waals surface area contributed by atoms with Crippen LogP contribution in [-0.4, -0.2) is 36.5 Å². The second-order valence-corrected chi connectivity index (χ2v) is 5.55. The molecule has 1 amide bonds. The summed E-state index contributed by atoms with van der Waals surface area (Å²) in [7, 11) is 0. The molecule has 0 bridgehead atoms. The highest BCUT2D eigenvalue weighted by Gasteiger charge is 2.53. The number of halogens is 1. The standard InChI is InChI=1S/C15H20N2O.ClH/c1-12-11-17(10-9-16-12)14(18)15(7-8-15)13-5-3-2-4-6-13;/h2-6,12,16H,7-11H2,1H3;1H. The number of piperazine rings is 1. The van der Waals surface area contributed by atoms with Gasteiger partial charge in [0.2, 0.25) is 5.91 Å². The largest absolute Gasteiger partial charge is 0.339 e. The summed E-state index contributed by atoms with van der Waals surface area (Å²) in [5.41, 5.74) is 0.999. The minimum Gasteiger partial charge on any atom is -0.339 e. The first-order chi connectivity index (χ1) is 8.72. The van der Waals surface area contributed by atoms with Gasteiger partial charge in [-0.2, -0.15) is 0 Å². The summed E-state index contributed by atoms with van der Waals surface area (Å²) in [4.78, 5) is 14.8. The molecule has 1 aliphatic heterocycles. The number of carbonyl (C=O) groups excluding carboxylic acids is 1. The van der Waals surface area contributed by atoms with Crippen molar-refractivity contribution in [2.24, 2.45) is 0 Å². The fourth-order valence-electron chi connectivity index (χ4n) is 2.93. The van der Waals surface area contributed by atoms with Crippen LogP contribution in [0.15, 0.2) is 30.3 Å². The Morgan fingerprint density at radius 3 is 2.58 bits per heavy atom. The number of benzene rings is 1. The maximum absolute atomic E-state index is 12.7. The lowest BCUT2D eigenvalue weighted by molar-refractivity contribution is -0.135. The molecule has 2 aliphatic rings. The zero-order valence-electron chi connectivity index (χ0n) is 11.3. The Kier molecular flexibility index (Phi) is 4.16. The summed E-state index contributed by atoms with van der Waals surface area (Å²) >= 11 is 0. The van der Waals surface area contributed by atoms with Gasteiger partial charge in [-0.05, 0) is 25.3 Å². The summed E-state index contributed by atoms with van der Waals surface area (Å²) in [6, 6.07) is 10.7. The topological polar surface area (TPSA) is 32.3 Å². The van der Waals surface area contributed by atoms with Gasteiger partial charge >= 0.3 is 0 Å². The molecule has 1 heterocycles. The van der Waals surface area contributed by atoms with Crippen molar-refractivity contribution in [2.45, 2.75) is 31.2 Å². The first-order valence-corrected chi connectivity index (χ1v) is 6.81. The van der Waals surface area contributed by atoms with E-state index >= 15 is 0 Å². The maximum atomic E-state index is 12.7. The number of carbonyl (C=O) groups is 1. The van der Waals surface area contributed by atoms with Crippen molar-refractivity contribution in [3.05, 3.63) is 35.9 Å². The minimum atomic E-state index is -0.196. The normalized spacial score (nSPS) is 24.5. The predicted octanol–water partition coefficient (Wildman–Crippen LogP) is 1.96. The summed E-state index contributed by atoms with van der Waals surface area (Å²) in [6.07, 6.45) is 2.02. The fourth-order valence-corrected chi connectivity index (χ4v) is 2.93. The van der Waals surface area contributed by atoms with Crippen molar-refractivity contribution >= 4 is 18.3 Å². The zero-order valence-corrected chi connectivity index (χ0v) is 12.1. The molecule has 19 heavy (non-hydrogen) atoms. The number of amides is 1. The van der Waals surface area contributed by atoms with Gasteiger partial charge in [0.1, 0.15) is 0 Å². The first kappa shape index (κ1) is 14.4. The molecule has 1 N–H and O–H groups in total. The van der Waals surface area contributed by atoms with Crippen molar-refractivity contribution in [3.8, 4) is 0 Å². The highest BCUT2D eigenvalue weighted by Crippen LogP contribution is 2.49. The lowest BCUT2D eigenvalue weighted by Crippen LogP contribution is -2.53. The monoisotopic (exact) mass is 280 g/mol. The molecule has 1 aliphatic carbocycles. The van der Waals surface area contributed by atoms with Crippen LogP contribution in [0.2, 0.25) is 0 Å². The van der Waals surface area contributed by atoms with Gasteiger partial charge in [-0.1, -0.05) is 30.3 Å². The number of hydrogen-bond donors (Lipinski definition) is 1. The molecule has 2 fully saturated rings. The maximum Gasteiger partial charge on any atom is 0.233 e. The van der Waals surface area contributed by atoms with E-state index < -0.39 is 0 Å². The second-order valence-electron chi connectivity index (χ2n) is 5.55. The summed E-state index contributed by atoms with van der Waals surface area (Å²) in [6.45, 7) is 4.74. The van der Waals surface area contributed by atoms with E-state index in [1.807, 2.05) is 23.1 Å². The second kappa shape index (κ2) is 5.51. The van der Waals surface area contributed by atoms with E-state index in [0.29, 0.717) is 11.9 Å². The van der Waals surface area contributed by atoms with Crippen LogP contribution in [0.25, 0.3) is 0 Å². The molecule has 1 unspecified atom stereocenters. The van der Waals surface area contributed by atoms with Gasteiger partial charge in [-0.15, -0.1) is 12.4 Å². The molecule has 1 aromatic carbocycles. The Labute approximate surface area is 120 Å². The van der Waals surface area contributed by atoms with Crippen LogP contribution in [0.5, 0.6) is 0 Å². The van der Waals surface area contributed by atoms with Gasteiger partial charge in [0.15, 0.2) is 0 Å². The number of rotatable bonds is 2. The third kappa shape index (κ3) is 2.63. The molecule has 3 nitrogen and oxygen atoms in total. The Bertz CT molecular complexity index is 445. The highest BCUT2D eigenvalue weighted by atomic mass is 35.5. The fraction of sp³-hybridized carbons (Fsp3) is 0.533. The van der Waals surface area contributed by atoms with Crippen molar-refractivity contribution in [3.63, 3.8) is 0 Å². The number of nitrogens with one attached hydrogen (secondary N) is 1. The Morgan fingerprint density at radius 2 is 2.00 bits per heavy atom. The Hall–Kier alpha value is -1.06. The molecule has 1 saturated carbocycles.